The van der Waals surface area contributed by atoms with E-state index in [-0.39, 0.29) is 5.75 Å². The zero-order valence-electron chi connectivity index (χ0n) is 17.2. The molecule has 0 atom stereocenters. The van der Waals surface area contributed by atoms with Crippen LogP contribution >= 0.6 is 0 Å². The van der Waals surface area contributed by atoms with Crippen molar-refractivity contribution >= 4 is 17.6 Å². The number of carboxylic acid groups (broad SMARTS) is 1. The number of nitrogens with one attached hydrogen (secondary N) is 1. The summed E-state index contributed by atoms with van der Waals surface area (Å²) in [5.74, 6) is 0.282. The summed E-state index contributed by atoms with van der Waals surface area (Å²) in [6.07, 6.45) is 2.16. The number of rotatable bonds is 7. The molecule has 0 bridgehead atoms. The standard InChI is InChI=1S/C23H27NO6/c1-14-9-18(24-21(26)13-22(27)28)10-15(2)23(14)30-19-3-4-20(25)17(12-19)11-16-5-7-29-8-6-16/h3-4,9-10,12,16,25H,5-8,11,13H2,1-2H3,(H,24,26)(H,27,28). The molecule has 0 radical (unpaired) electrons. The second-order valence-corrected chi connectivity index (χ2v) is 7.71. The molecule has 3 N–H and O–H groups in total. The van der Waals surface area contributed by atoms with Gasteiger partial charge in [0.2, 0.25) is 5.91 Å². The summed E-state index contributed by atoms with van der Waals surface area (Å²) in [5, 5.41) is 21.6. The first kappa shape index (κ1) is 21.6. The second-order valence-electron chi connectivity index (χ2n) is 7.71. The van der Waals surface area contributed by atoms with E-state index in [1.807, 2.05) is 19.9 Å². The summed E-state index contributed by atoms with van der Waals surface area (Å²) < 4.78 is 11.5. The van der Waals surface area contributed by atoms with Crippen LogP contribution in [-0.4, -0.2) is 35.3 Å². The maximum Gasteiger partial charge on any atom is 0.312 e. The van der Waals surface area contributed by atoms with Gasteiger partial charge in [-0.25, -0.2) is 0 Å². The Labute approximate surface area is 175 Å². The average molecular weight is 413 g/mol. The molecule has 0 aromatic heterocycles. The zero-order valence-corrected chi connectivity index (χ0v) is 17.2. The lowest BCUT2D eigenvalue weighted by molar-refractivity contribution is -0.139. The Kier molecular flexibility index (Phi) is 6.95. The molecule has 160 valence electrons. The molecule has 2 aromatic carbocycles. The largest absolute Gasteiger partial charge is 0.508 e. The van der Waals surface area contributed by atoms with E-state index in [1.165, 1.54) is 0 Å². The molecule has 1 saturated heterocycles. The maximum atomic E-state index is 11.7. The molecule has 1 aliphatic heterocycles. The van der Waals surface area contributed by atoms with E-state index in [0.717, 1.165) is 49.2 Å². The molecule has 1 heterocycles. The number of aromatic hydroxyl groups is 1. The van der Waals surface area contributed by atoms with Gasteiger partial charge >= 0.3 is 5.97 Å². The van der Waals surface area contributed by atoms with Gasteiger partial charge < -0.3 is 25.0 Å². The molecule has 0 aliphatic carbocycles. The van der Waals surface area contributed by atoms with Gasteiger partial charge in [-0.2, -0.15) is 0 Å². The minimum absolute atomic E-state index is 0.263. The summed E-state index contributed by atoms with van der Waals surface area (Å²) in [5.41, 5.74) is 2.99. The average Bonchev–Trinajstić information content (AvgIpc) is 2.67. The molecule has 0 unspecified atom stereocenters. The van der Waals surface area contributed by atoms with Gasteiger partial charge in [-0.05, 0) is 86.1 Å². The highest BCUT2D eigenvalue weighted by Gasteiger charge is 2.17. The van der Waals surface area contributed by atoms with Gasteiger partial charge in [0.05, 0.1) is 0 Å². The topological polar surface area (TPSA) is 105 Å². The smallest absolute Gasteiger partial charge is 0.312 e. The third-order valence-corrected chi connectivity index (χ3v) is 5.18. The van der Waals surface area contributed by atoms with Crippen LogP contribution < -0.4 is 10.1 Å². The number of carbonyl (C=O) groups is 2. The van der Waals surface area contributed by atoms with Crippen LogP contribution in [0.1, 0.15) is 36.0 Å². The SMILES string of the molecule is Cc1cc(NC(=O)CC(=O)O)cc(C)c1Oc1ccc(O)c(CC2CCOCC2)c1. The molecule has 7 nitrogen and oxygen atoms in total. The van der Waals surface area contributed by atoms with Gasteiger partial charge in [0.1, 0.15) is 23.7 Å². The van der Waals surface area contributed by atoms with Crippen LogP contribution in [0.3, 0.4) is 0 Å². The maximum absolute atomic E-state index is 11.7. The van der Waals surface area contributed by atoms with Gasteiger partial charge in [0, 0.05) is 18.9 Å². The number of carboxylic acids is 1. The number of amides is 1. The fourth-order valence-corrected chi connectivity index (χ4v) is 3.69. The van der Waals surface area contributed by atoms with Crippen LogP contribution in [0.25, 0.3) is 0 Å². The predicted molar refractivity (Wildman–Crippen MR) is 112 cm³/mol. The molecule has 1 fully saturated rings. The lowest BCUT2D eigenvalue weighted by Gasteiger charge is -2.22. The Bertz CT molecular complexity index is 910. The van der Waals surface area contributed by atoms with Gasteiger partial charge in [-0.3, -0.25) is 9.59 Å². The Morgan fingerprint density at radius 3 is 2.43 bits per heavy atom. The van der Waals surface area contributed by atoms with E-state index in [2.05, 4.69) is 5.32 Å². The van der Waals surface area contributed by atoms with Crippen LogP contribution in [0.4, 0.5) is 5.69 Å². The zero-order chi connectivity index (χ0) is 21.7. The van der Waals surface area contributed by atoms with Crippen LogP contribution in [0.2, 0.25) is 0 Å². The van der Waals surface area contributed by atoms with E-state index in [9.17, 15) is 14.7 Å². The van der Waals surface area contributed by atoms with Crippen molar-refractivity contribution in [2.24, 2.45) is 5.92 Å². The summed E-state index contributed by atoms with van der Waals surface area (Å²) in [7, 11) is 0. The minimum atomic E-state index is -1.18. The number of anilines is 1. The molecule has 1 aliphatic rings. The number of hydrogen-bond donors (Lipinski definition) is 3. The summed E-state index contributed by atoms with van der Waals surface area (Å²) in [4.78, 5) is 22.4. The highest BCUT2D eigenvalue weighted by molar-refractivity contribution is 6.01. The molecular weight excluding hydrogens is 386 g/mol. The Morgan fingerprint density at radius 1 is 1.13 bits per heavy atom. The molecule has 0 spiro atoms. The van der Waals surface area contributed by atoms with E-state index in [4.69, 9.17) is 14.6 Å². The van der Waals surface area contributed by atoms with E-state index >= 15 is 0 Å². The molecule has 3 rings (SSSR count). The van der Waals surface area contributed by atoms with Crippen LogP contribution in [-0.2, 0) is 20.7 Å². The third kappa shape index (κ3) is 5.73. The van der Waals surface area contributed by atoms with Crippen molar-refractivity contribution in [3.63, 3.8) is 0 Å². The van der Waals surface area contributed by atoms with E-state index < -0.39 is 18.3 Å². The summed E-state index contributed by atoms with van der Waals surface area (Å²) in [6.45, 7) is 5.24. The van der Waals surface area contributed by atoms with E-state index in [1.54, 1.807) is 24.3 Å². The lowest BCUT2D eigenvalue weighted by atomic mass is 9.92. The van der Waals surface area contributed by atoms with Crippen molar-refractivity contribution in [3.8, 4) is 17.2 Å². The van der Waals surface area contributed by atoms with Crippen molar-refractivity contribution in [2.75, 3.05) is 18.5 Å². The number of aryl methyl sites for hydroxylation is 2. The van der Waals surface area contributed by atoms with Gasteiger partial charge in [0.25, 0.3) is 0 Å². The molecule has 7 heteroatoms. The lowest BCUT2D eigenvalue weighted by Crippen LogP contribution is -2.17. The third-order valence-electron chi connectivity index (χ3n) is 5.18. The highest BCUT2D eigenvalue weighted by Crippen LogP contribution is 2.34. The number of benzene rings is 2. The fraction of sp³-hybridized carbons (Fsp3) is 0.391. The van der Waals surface area contributed by atoms with Crippen molar-refractivity contribution in [1.82, 2.24) is 0 Å². The number of carbonyl (C=O) groups excluding carboxylic acids is 1. The molecular formula is C23H27NO6. The first-order valence-corrected chi connectivity index (χ1v) is 10.0. The van der Waals surface area contributed by atoms with Gasteiger partial charge in [-0.1, -0.05) is 0 Å². The fourth-order valence-electron chi connectivity index (χ4n) is 3.69. The van der Waals surface area contributed by atoms with Crippen LogP contribution in [0.5, 0.6) is 17.2 Å². The monoisotopic (exact) mass is 413 g/mol. The Hall–Kier alpha value is -3.06. The number of ether oxygens (including phenoxy) is 2. The molecule has 2 aromatic rings. The highest BCUT2D eigenvalue weighted by atomic mass is 16.5. The van der Waals surface area contributed by atoms with Crippen molar-refractivity contribution < 1.29 is 29.3 Å². The summed E-state index contributed by atoms with van der Waals surface area (Å²) >= 11 is 0. The molecule has 30 heavy (non-hydrogen) atoms. The first-order chi connectivity index (χ1) is 14.3. The minimum Gasteiger partial charge on any atom is -0.508 e. The Morgan fingerprint density at radius 2 is 1.80 bits per heavy atom. The van der Waals surface area contributed by atoms with Gasteiger partial charge in [0.15, 0.2) is 0 Å². The normalized spacial score (nSPS) is 14.3. The van der Waals surface area contributed by atoms with Crippen molar-refractivity contribution in [1.29, 1.82) is 0 Å². The van der Waals surface area contributed by atoms with Crippen molar-refractivity contribution in [3.05, 3.63) is 47.0 Å². The predicted octanol–water partition coefficient (Wildman–Crippen LogP) is 4.18. The number of hydrogen-bond acceptors (Lipinski definition) is 5. The second kappa shape index (κ2) is 9.63. The van der Waals surface area contributed by atoms with Crippen LogP contribution in [0, 0.1) is 19.8 Å². The Balaban J connectivity index is 1.74. The number of aliphatic carboxylic acids is 1. The molecule has 0 saturated carbocycles. The van der Waals surface area contributed by atoms with Gasteiger partial charge in [-0.15, -0.1) is 0 Å². The summed E-state index contributed by atoms with van der Waals surface area (Å²) in [6, 6.07) is 8.72. The first-order valence-electron chi connectivity index (χ1n) is 10.0. The van der Waals surface area contributed by atoms with Crippen LogP contribution in [0.15, 0.2) is 30.3 Å². The molecule has 1 amide bonds. The van der Waals surface area contributed by atoms with Crippen molar-refractivity contribution in [2.45, 2.75) is 39.5 Å². The van der Waals surface area contributed by atoms with E-state index in [0.29, 0.717) is 23.1 Å². The quantitative estimate of drug-likeness (QED) is 0.588. The number of phenols is 1. The number of phenolic OH excluding ortho intramolecular Hbond substituents is 1.